The molecule has 1 aliphatic rings. The average Bonchev–Trinajstić information content (AvgIpc) is 2.80. The van der Waals surface area contributed by atoms with E-state index in [-0.39, 0.29) is 24.7 Å². The summed E-state index contributed by atoms with van der Waals surface area (Å²) >= 11 is 0. The van der Waals surface area contributed by atoms with Gasteiger partial charge in [0.1, 0.15) is 6.10 Å². The molecule has 5 heteroatoms. The molecule has 1 aliphatic heterocycles. The highest BCUT2D eigenvalue weighted by Crippen LogP contribution is 2.20. The first kappa shape index (κ1) is 14.7. The van der Waals surface area contributed by atoms with E-state index in [1.807, 2.05) is 30.3 Å². The van der Waals surface area contributed by atoms with Crippen LogP contribution in [0.2, 0.25) is 0 Å². The van der Waals surface area contributed by atoms with Gasteiger partial charge in [0.05, 0.1) is 32.8 Å². The lowest BCUT2D eigenvalue weighted by Gasteiger charge is -2.12. The van der Waals surface area contributed by atoms with Gasteiger partial charge in [0, 0.05) is 6.42 Å². The van der Waals surface area contributed by atoms with Gasteiger partial charge in [0.2, 0.25) is 0 Å². The predicted molar refractivity (Wildman–Crippen MR) is 71.0 cm³/mol. The van der Waals surface area contributed by atoms with Gasteiger partial charge in [-0.05, 0) is 5.56 Å². The Morgan fingerprint density at radius 3 is 2.80 bits per heavy atom. The van der Waals surface area contributed by atoms with Crippen molar-refractivity contribution in [2.75, 3.05) is 13.7 Å². The molecule has 1 saturated heterocycles. The summed E-state index contributed by atoms with van der Waals surface area (Å²) in [7, 11) is 1.29. The van der Waals surface area contributed by atoms with Crippen LogP contribution in [0.25, 0.3) is 0 Å². The third kappa shape index (κ3) is 4.15. The number of hydrogen-bond acceptors (Lipinski definition) is 5. The normalized spacial score (nSPS) is 21.9. The van der Waals surface area contributed by atoms with E-state index >= 15 is 0 Å². The first-order valence-corrected chi connectivity index (χ1v) is 6.55. The summed E-state index contributed by atoms with van der Waals surface area (Å²) in [5, 5.41) is 0. The van der Waals surface area contributed by atoms with Gasteiger partial charge in [-0.1, -0.05) is 30.3 Å². The molecule has 1 fully saturated rings. The van der Waals surface area contributed by atoms with Crippen LogP contribution in [-0.4, -0.2) is 37.7 Å². The number of methoxy groups -OCH3 is 1. The molecular formula is C15H18O5. The minimum absolute atomic E-state index is 0.0233. The molecule has 1 heterocycles. The molecule has 0 bridgehead atoms. The number of benzene rings is 1. The van der Waals surface area contributed by atoms with Crippen molar-refractivity contribution in [1.82, 2.24) is 0 Å². The summed E-state index contributed by atoms with van der Waals surface area (Å²) in [6, 6.07) is 9.78. The third-order valence-electron chi connectivity index (χ3n) is 3.14. The van der Waals surface area contributed by atoms with Gasteiger partial charge < -0.3 is 14.2 Å². The molecule has 0 spiro atoms. The second-order valence-corrected chi connectivity index (χ2v) is 4.70. The van der Waals surface area contributed by atoms with Crippen molar-refractivity contribution in [1.29, 1.82) is 0 Å². The second kappa shape index (κ2) is 7.17. The van der Waals surface area contributed by atoms with E-state index in [0.717, 1.165) is 5.56 Å². The fourth-order valence-corrected chi connectivity index (χ4v) is 2.09. The van der Waals surface area contributed by atoms with Crippen LogP contribution in [0, 0.1) is 0 Å². The molecule has 0 aromatic heterocycles. The van der Waals surface area contributed by atoms with Gasteiger partial charge in [-0.2, -0.15) is 0 Å². The van der Waals surface area contributed by atoms with E-state index in [2.05, 4.69) is 4.74 Å². The van der Waals surface area contributed by atoms with Crippen LogP contribution in [0.1, 0.15) is 18.4 Å². The largest absolute Gasteiger partial charge is 0.469 e. The van der Waals surface area contributed by atoms with Gasteiger partial charge in [-0.25, -0.2) is 0 Å². The first-order chi connectivity index (χ1) is 9.69. The van der Waals surface area contributed by atoms with Crippen LogP contribution >= 0.6 is 0 Å². The number of carbonyl (C=O) groups is 2. The molecule has 2 atom stereocenters. The average molecular weight is 278 g/mol. The van der Waals surface area contributed by atoms with Crippen molar-refractivity contribution >= 4 is 11.8 Å². The summed E-state index contributed by atoms with van der Waals surface area (Å²) in [6.45, 7) is 0.828. The lowest BCUT2D eigenvalue weighted by Crippen LogP contribution is -2.22. The summed E-state index contributed by atoms with van der Waals surface area (Å²) < 4.78 is 15.6. The molecule has 0 amide bonds. The van der Waals surface area contributed by atoms with Crippen molar-refractivity contribution in [3.05, 3.63) is 35.9 Å². The van der Waals surface area contributed by atoms with Crippen LogP contribution in [0.5, 0.6) is 0 Å². The third-order valence-corrected chi connectivity index (χ3v) is 3.14. The number of ether oxygens (including phenoxy) is 3. The van der Waals surface area contributed by atoms with Gasteiger partial charge in [0.25, 0.3) is 0 Å². The number of Topliss-reactive ketones (excluding diaryl/α,β-unsaturated/α-hetero) is 1. The lowest BCUT2D eigenvalue weighted by atomic mass is 10.1. The van der Waals surface area contributed by atoms with E-state index in [1.54, 1.807) is 0 Å². The molecule has 0 unspecified atom stereocenters. The predicted octanol–water partition coefficient (Wildman–Crippen LogP) is 1.49. The van der Waals surface area contributed by atoms with E-state index < -0.39 is 12.1 Å². The molecule has 20 heavy (non-hydrogen) atoms. The molecule has 0 saturated carbocycles. The molecule has 1 aromatic rings. The number of carbonyl (C=O) groups excluding carboxylic acids is 2. The smallest absolute Gasteiger partial charge is 0.308 e. The van der Waals surface area contributed by atoms with Crippen LogP contribution in [0.3, 0.4) is 0 Å². The Bertz CT molecular complexity index is 457. The summed E-state index contributed by atoms with van der Waals surface area (Å²) in [5.74, 6) is -0.502. The van der Waals surface area contributed by atoms with Gasteiger partial charge in [-0.3, -0.25) is 9.59 Å². The zero-order valence-electron chi connectivity index (χ0n) is 11.4. The molecule has 108 valence electrons. The summed E-state index contributed by atoms with van der Waals surface area (Å²) in [4.78, 5) is 22.8. The fraction of sp³-hybridized carbons (Fsp3) is 0.467. The van der Waals surface area contributed by atoms with E-state index in [4.69, 9.17) is 9.47 Å². The maximum atomic E-state index is 11.7. The molecule has 0 N–H and O–H groups in total. The summed E-state index contributed by atoms with van der Waals surface area (Å²) in [5.41, 5.74) is 1.07. The van der Waals surface area contributed by atoms with Crippen molar-refractivity contribution < 1.29 is 23.8 Å². The van der Waals surface area contributed by atoms with Crippen molar-refractivity contribution in [2.24, 2.45) is 0 Å². The van der Waals surface area contributed by atoms with Gasteiger partial charge >= 0.3 is 5.97 Å². The zero-order valence-corrected chi connectivity index (χ0v) is 11.4. The first-order valence-electron chi connectivity index (χ1n) is 6.55. The number of ketones is 1. The molecule has 5 nitrogen and oxygen atoms in total. The SMILES string of the molecule is COC(=O)C[C@@H]1O[C@@H](COCc2ccccc2)CC1=O. The number of hydrogen-bond donors (Lipinski definition) is 0. The second-order valence-electron chi connectivity index (χ2n) is 4.70. The van der Waals surface area contributed by atoms with Crippen LogP contribution in [0.15, 0.2) is 30.3 Å². The number of esters is 1. The van der Waals surface area contributed by atoms with Crippen molar-refractivity contribution in [3.8, 4) is 0 Å². The Kier molecular flexibility index (Phi) is 5.26. The molecule has 0 radical (unpaired) electrons. The Hall–Kier alpha value is -1.72. The Labute approximate surface area is 117 Å². The van der Waals surface area contributed by atoms with Crippen molar-refractivity contribution in [2.45, 2.75) is 31.7 Å². The quantitative estimate of drug-likeness (QED) is 0.738. The fourth-order valence-electron chi connectivity index (χ4n) is 2.09. The zero-order chi connectivity index (χ0) is 14.4. The topological polar surface area (TPSA) is 61.8 Å². The van der Waals surface area contributed by atoms with Crippen LogP contribution in [0.4, 0.5) is 0 Å². The van der Waals surface area contributed by atoms with E-state index in [0.29, 0.717) is 13.2 Å². The molecule has 1 aromatic carbocycles. The van der Waals surface area contributed by atoms with Crippen LogP contribution in [-0.2, 0) is 30.4 Å². The highest BCUT2D eigenvalue weighted by molar-refractivity contribution is 5.89. The maximum Gasteiger partial charge on any atom is 0.308 e. The molecule has 0 aliphatic carbocycles. The lowest BCUT2D eigenvalue weighted by molar-refractivity contribution is -0.146. The van der Waals surface area contributed by atoms with Gasteiger partial charge in [0.15, 0.2) is 5.78 Å². The highest BCUT2D eigenvalue weighted by Gasteiger charge is 2.35. The number of rotatable bonds is 6. The van der Waals surface area contributed by atoms with Crippen molar-refractivity contribution in [3.63, 3.8) is 0 Å². The monoisotopic (exact) mass is 278 g/mol. The Balaban J connectivity index is 1.72. The molecular weight excluding hydrogens is 260 g/mol. The molecule has 2 rings (SSSR count). The standard InChI is InChI=1S/C15H18O5/c1-18-15(17)8-14-13(16)7-12(20-14)10-19-9-11-5-3-2-4-6-11/h2-6,12,14H,7-10H2,1H3/t12-,14+/m1/s1. The maximum absolute atomic E-state index is 11.7. The Morgan fingerprint density at radius 1 is 1.35 bits per heavy atom. The minimum atomic E-state index is -0.687. The van der Waals surface area contributed by atoms with E-state index in [1.165, 1.54) is 7.11 Å². The van der Waals surface area contributed by atoms with E-state index in [9.17, 15) is 9.59 Å². The highest BCUT2D eigenvalue weighted by atomic mass is 16.6. The Morgan fingerprint density at radius 2 is 2.10 bits per heavy atom. The van der Waals surface area contributed by atoms with Gasteiger partial charge in [-0.15, -0.1) is 0 Å². The summed E-state index contributed by atoms with van der Waals surface area (Å²) in [6.07, 6.45) is -0.699. The minimum Gasteiger partial charge on any atom is -0.469 e. The van der Waals surface area contributed by atoms with Crippen LogP contribution < -0.4 is 0 Å².